The lowest BCUT2D eigenvalue weighted by molar-refractivity contribution is -0.385. The van der Waals surface area contributed by atoms with Crippen molar-refractivity contribution in [1.29, 1.82) is 0 Å². The average Bonchev–Trinajstić information content (AvgIpc) is 2.39. The summed E-state index contributed by atoms with van der Waals surface area (Å²) in [6.45, 7) is -0.342. The molecule has 7 heteroatoms. The summed E-state index contributed by atoms with van der Waals surface area (Å²) in [6.07, 6.45) is 0. The minimum atomic E-state index is -0.656. The Hall–Kier alpha value is -2.21. The van der Waals surface area contributed by atoms with Crippen molar-refractivity contribution < 1.29 is 18.4 Å². The second-order valence-corrected chi connectivity index (χ2v) is 4.33. The van der Waals surface area contributed by atoms with Crippen molar-refractivity contribution in [3.63, 3.8) is 0 Å². The van der Waals surface area contributed by atoms with Gasteiger partial charge in [-0.2, -0.15) is 0 Å². The summed E-state index contributed by atoms with van der Waals surface area (Å²) in [5.74, 6) is -1.38. The Balaban J connectivity index is 2.24. The van der Waals surface area contributed by atoms with Gasteiger partial charge in [-0.3, -0.25) is 10.1 Å². The lowest BCUT2D eigenvalue weighted by atomic mass is 10.2. The van der Waals surface area contributed by atoms with Gasteiger partial charge < -0.3 is 4.74 Å². The van der Waals surface area contributed by atoms with Crippen molar-refractivity contribution in [3.05, 3.63) is 68.7 Å². The van der Waals surface area contributed by atoms with Gasteiger partial charge in [0.25, 0.3) is 0 Å². The molecule has 0 radical (unpaired) electrons. The van der Waals surface area contributed by atoms with Gasteiger partial charge in [-0.25, -0.2) is 8.78 Å². The molecule has 0 unspecified atom stereocenters. The summed E-state index contributed by atoms with van der Waals surface area (Å²) in [5.41, 5.74) is -0.342. The Morgan fingerprint density at radius 1 is 1.20 bits per heavy atom. The van der Waals surface area contributed by atoms with Crippen LogP contribution >= 0.6 is 11.6 Å². The van der Waals surface area contributed by atoms with E-state index in [0.717, 1.165) is 18.2 Å². The lowest BCUT2D eigenvalue weighted by Gasteiger charge is -2.08. The van der Waals surface area contributed by atoms with Crippen LogP contribution < -0.4 is 4.74 Å². The van der Waals surface area contributed by atoms with Crippen molar-refractivity contribution in [2.75, 3.05) is 0 Å². The zero-order valence-corrected chi connectivity index (χ0v) is 10.7. The van der Waals surface area contributed by atoms with Gasteiger partial charge in [-0.05, 0) is 24.3 Å². The van der Waals surface area contributed by atoms with Crippen LogP contribution in [-0.4, -0.2) is 4.92 Å². The van der Waals surface area contributed by atoms with E-state index in [1.807, 2.05) is 0 Å². The number of benzene rings is 2. The largest absolute Gasteiger partial charge is 0.482 e. The molecule has 0 amide bonds. The molecule has 20 heavy (non-hydrogen) atoms. The number of nitro benzene ring substituents is 1. The van der Waals surface area contributed by atoms with E-state index in [2.05, 4.69) is 0 Å². The highest BCUT2D eigenvalue weighted by atomic mass is 35.5. The molecule has 0 aliphatic heterocycles. The number of nitrogens with zero attached hydrogens (tertiary/aromatic N) is 1. The topological polar surface area (TPSA) is 52.4 Å². The van der Waals surface area contributed by atoms with E-state index >= 15 is 0 Å². The molecular formula is C13H8ClF2NO3. The molecule has 0 fully saturated rings. The third kappa shape index (κ3) is 3.21. The molecule has 0 bridgehead atoms. The molecule has 2 rings (SSSR count). The first-order valence-electron chi connectivity index (χ1n) is 5.48. The second kappa shape index (κ2) is 5.83. The van der Waals surface area contributed by atoms with E-state index in [1.165, 1.54) is 18.2 Å². The maximum absolute atomic E-state index is 13.4. The Labute approximate surface area is 117 Å². The summed E-state index contributed by atoms with van der Waals surface area (Å²) in [4.78, 5) is 10.2. The number of hydrogen-bond acceptors (Lipinski definition) is 3. The first-order chi connectivity index (χ1) is 9.47. The zero-order chi connectivity index (χ0) is 14.7. The third-order valence-electron chi connectivity index (χ3n) is 2.51. The minimum absolute atomic E-state index is 0.0423. The minimum Gasteiger partial charge on any atom is -0.482 e. The quantitative estimate of drug-likeness (QED) is 0.630. The molecule has 0 aliphatic carbocycles. The SMILES string of the molecule is O=[N+]([O-])c1ccc(Cl)cc1OCc1cc(F)ccc1F. The number of nitro groups is 1. The molecule has 0 atom stereocenters. The normalized spacial score (nSPS) is 10.3. The Kier molecular flexibility index (Phi) is 4.14. The van der Waals surface area contributed by atoms with Gasteiger partial charge in [0.2, 0.25) is 0 Å². The van der Waals surface area contributed by atoms with E-state index in [0.29, 0.717) is 0 Å². The first-order valence-corrected chi connectivity index (χ1v) is 5.86. The van der Waals surface area contributed by atoms with Gasteiger partial charge in [0, 0.05) is 22.7 Å². The number of halogens is 3. The number of ether oxygens (including phenoxy) is 1. The molecule has 2 aromatic carbocycles. The highest BCUT2D eigenvalue weighted by Crippen LogP contribution is 2.30. The molecule has 0 saturated carbocycles. The smallest absolute Gasteiger partial charge is 0.311 e. The fraction of sp³-hybridized carbons (Fsp3) is 0.0769. The summed E-state index contributed by atoms with van der Waals surface area (Å²) >= 11 is 5.72. The fourth-order valence-corrected chi connectivity index (χ4v) is 1.73. The summed E-state index contributed by atoms with van der Waals surface area (Å²) in [5, 5.41) is 11.1. The summed E-state index contributed by atoms with van der Waals surface area (Å²) < 4.78 is 31.6. The maximum Gasteiger partial charge on any atom is 0.311 e. The van der Waals surface area contributed by atoms with E-state index in [4.69, 9.17) is 16.3 Å². The maximum atomic E-state index is 13.4. The first kappa shape index (κ1) is 14.2. The van der Waals surface area contributed by atoms with E-state index < -0.39 is 16.6 Å². The van der Waals surface area contributed by atoms with Gasteiger partial charge in [0.1, 0.15) is 18.2 Å². The molecule has 0 spiro atoms. The van der Waals surface area contributed by atoms with Gasteiger partial charge in [-0.15, -0.1) is 0 Å². The Bertz CT molecular complexity index is 664. The van der Waals surface area contributed by atoms with E-state index in [9.17, 15) is 18.9 Å². The van der Waals surface area contributed by atoms with E-state index in [1.54, 1.807) is 0 Å². The van der Waals surface area contributed by atoms with Crippen LogP contribution in [-0.2, 0) is 6.61 Å². The number of rotatable bonds is 4. The number of hydrogen-bond donors (Lipinski definition) is 0. The van der Waals surface area contributed by atoms with Crippen molar-refractivity contribution in [2.24, 2.45) is 0 Å². The summed E-state index contributed by atoms with van der Waals surface area (Å²) in [7, 11) is 0. The molecule has 0 aliphatic rings. The van der Waals surface area contributed by atoms with Gasteiger partial charge in [0.05, 0.1) is 4.92 Å². The summed E-state index contributed by atoms with van der Waals surface area (Å²) in [6, 6.07) is 6.67. The monoisotopic (exact) mass is 299 g/mol. The van der Waals surface area contributed by atoms with Gasteiger partial charge in [-0.1, -0.05) is 11.6 Å². The molecular weight excluding hydrogens is 292 g/mol. The van der Waals surface area contributed by atoms with Crippen LogP contribution in [0.2, 0.25) is 5.02 Å². The standard InChI is InChI=1S/C13H8ClF2NO3/c14-9-1-4-12(17(18)19)13(6-9)20-7-8-5-10(15)2-3-11(8)16/h1-6H,7H2. The van der Waals surface area contributed by atoms with Crippen LogP contribution in [0, 0.1) is 21.7 Å². The predicted molar refractivity (Wildman–Crippen MR) is 68.8 cm³/mol. The zero-order valence-electron chi connectivity index (χ0n) is 9.98. The van der Waals surface area contributed by atoms with Gasteiger partial charge in [0.15, 0.2) is 5.75 Å². The fourth-order valence-electron chi connectivity index (χ4n) is 1.56. The Morgan fingerprint density at radius 2 is 1.95 bits per heavy atom. The van der Waals surface area contributed by atoms with Gasteiger partial charge >= 0.3 is 5.69 Å². The molecule has 0 N–H and O–H groups in total. The van der Waals surface area contributed by atoms with Crippen molar-refractivity contribution in [2.45, 2.75) is 6.61 Å². The lowest BCUT2D eigenvalue weighted by Crippen LogP contribution is -2.01. The van der Waals surface area contributed by atoms with Crippen molar-refractivity contribution in [1.82, 2.24) is 0 Å². The van der Waals surface area contributed by atoms with Crippen molar-refractivity contribution in [3.8, 4) is 5.75 Å². The highest BCUT2D eigenvalue weighted by molar-refractivity contribution is 6.30. The van der Waals surface area contributed by atoms with Crippen LogP contribution in [0.15, 0.2) is 36.4 Å². The molecule has 104 valence electrons. The third-order valence-corrected chi connectivity index (χ3v) is 2.74. The molecule has 2 aromatic rings. The molecule has 0 heterocycles. The highest BCUT2D eigenvalue weighted by Gasteiger charge is 2.16. The van der Waals surface area contributed by atoms with Crippen LogP contribution in [0.4, 0.5) is 14.5 Å². The molecule has 4 nitrogen and oxygen atoms in total. The van der Waals surface area contributed by atoms with Crippen LogP contribution in [0.3, 0.4) is 0 Å². The van der Waals surface area contributed by atoms with Crippen LogP contribution in [0.25, 0.3) is 0 Å². The second-order valence-electron chi connectivity index (χ2n) is 3.89. The van der Waals surface area contributed by atoms with Crippen LogP contribution in [0.5, 0.6) is 5.75 Å². The Morgan fingerprint density at radius 3 is 2.65 bits per heavy atom. The van der Waals surface area contributed by atoms with Crippen molar-refractivity contribution >= 4 is 17.3 Å². The molecule has 0 aromatic heterocycles. The van der Waals surface area contributed by atoms with Crippen LogP contribution in [0.1, 0.15) is 5.56 Å². The predicted octanol–water partition coefficient (Wildman–Crippen LogP) is 4.11. The molecule has 0 saturated heterocycles. The van der Waals surface area contributed by atoms with E-state index in [-0.39, 0.29) is 28.6 Å². The average molecular weight is 300 g/mol.